The molecule has 0 aliphatic rings. The lowest BCUT2D eigenvalue weighted by Crippen LogP contribution is -2.09. The highest BCUT2D eigenvalue weighted by molar-refractivity contribution is 5.89. The minimum Gasteiger partial charge on any atom is -0.326 e. The molecule has 0 spiro atoms. The number of rotatable bonds is 2. The van der Waals surface area contributed by atoms with Crippen molar-refractivity contribution in [2.45, 2.75) is 6.92 Å². The van der Waals surface area contributed by atoms with E-state index in [-0.39, 0.29) is 11.5 Å². The Morgan fingerprint density at radius 3 is 2.79 bits per heavy atom. The normalized spacial score (nSPS) is 11.0. The summed E-state index contributed by atoms with van der Waals surface area (Å²) in [7, 11) is 0. The van der Waals surface area contributed by atoms with E-state index in [1.165, 1.54) is 6.92 Å². The van der Waals surface area contributed by atoms with Gasteiger partial charge in [-0.05, 0) is 24.3 Å². The number of aromatic amines is 1. The van der Waals surface area contributed by atoms with Gasteiger partial charge in [-0.3, -0.25) is 9.59 Å². The van der Waals surface area contributed by atoms with Crippen LogP contribution in [0, 0.1) is 0 Å². The van der Waals surface area contributed by atoms with Crippen molar-refractivity contribution in [1.82, 2.24) is 14.6 Å². The third kappa shape index (κ3) is 2.34. The third-order valence-corrected chi connectivity index (χ3v) is 3.81. The second-order valence-corrected chi connectivity index (χ2v) is 5.56. The van der Waals surface area contributed by atoms with Crippen LogP contribution in [-0.4, -0.2) is 20.5 Å². The molecule has 0 aliphatic carbocycles. The number of carbonyl (C=O) groups is 1. The van der Waals surface area contributed by atoms with Crippen LogP contribution in [-0.2, 0) is 4.79 Å². The number of nitrogens with zero attached hydrogens (tertiary/aromatic N) is 2. The molecule has 6 heteroatoms. The lowest BCUT2D eigenvalue weighted by Gasteiger charge is -2.03. The summed E-state index contributed by atoms with van der Waals surface area (Å²) in [5.41, 5.74) is 3.51. The van der Waals surface area contributed by atoms with E-state index in [0.717, 1.165) is 11.1 Å². The van der Waals surface area contributed by atoms with E-state index < -0.39 is 0 Å². The number of anilines is 1. The minimum absolute atomic E-state index is 0.127. The molecule has 24 heavy (non-hydrogen) atoms. The van der Waals surface area contributed by atoms with E-state index in [0.29, 0.717) is 22.4 Å². The first-order valence-electron chi connectivity index (χ1n) is 7.51. The molecule has 2 heterocycles. The zero-order valence-electron chi connectivity index (χ0n) is 12.9. The maximum absolute atomic E-state index is 12.2. The van der Waals surface area contributed by atoms with Crippen LogP contribution in [0.3, 0.4) is 0 Å². The maximum Gasteiger partial charge on any atom is 0.259 e. The first-order valence-corrected chi connectivity index (χ1v) is 7.51. The van der Waals surface area contributed by atoms with Gasteiger partial charge in [0, 0.05) is 24.2 Å². The van der Waals surface area contributed by atoms with Gasteiger partial charge in [-0.25, -0.2) is 4.52 Å². The maximum atomic E-state index is 12.2. The molecule has 1 amide bonds. The van der Waals surface area contributed by atoms with Crippen molar-refractivity contribution in [3.8, 4) is 11.3 Å². The van der Waals surface area contributed by atoms with E-state index in [2.05, 4.69) is 15.4 Å². The highest BCUT2D eigenvalue weighted by Crippen LogP contribution is 2.23. The Morgan fingerprint density at radius 2 is 1.96 bits per heavy atom. The number of para-hydroxylation sites is 1. The molecular formula is C18H14N4O2. The Labute approximate surface area is 136 Å². The van der Waals surface area contributed by atoms with Crippen LogP contribution in [0.5, 0.6) is 0 Å². The van der Waals surface area contributed by atoms with Gasteiger partial charge in [0.15, 0.2) is 0 Å². The first-order chi connectivity index (χ1) is 11.6. The summed E-state index contributed by atoms with van der Waals surface area (Å²) in [5, 5.41) is 7.95. The predicted molar refractivity (Wildman–Crippen MR) is 93.1 cm³/mol. The van der Waals surface area contributed by atoms with E-state index >= 15 is 0 Å². The smallest absolute Gasteiger partial charge is 0.259 e. The molecule has 2 N–H and O–H groups in total. The van der Waals surface area contributed by atoms with E-state index in [1.807, 2.05) is 48.5 Å². The number of fused-ring (bicyclic) bond motifs is 3. The van der Waals surface area contributed by atoms with Crippen LogP contribution in [0.25, 0.3) is 27.8 Å². The van der Waals surface area contributed by atoms with Crippen LogP contribution in [0.1, 0.15) is 6.92 Å². The quantitative estimate of drug-likeness (QED) is 0.596. The van der Waals surface area contributed by atoms with Gasteiger partial charge in [-0.15, -0.1) is 0 Å². The van der Waals surface area contributed by atoms with Crippen molar-refractivity contribution < 1.29 is 4.79 Å². The summed E-state index contributed by atoms with van der Waals surface area (Å²) < 4.78 is 1.72. The topological polar surface area (TPSA) is 79.3 Å². The number of aromatic nitrogens is 3. The molecule has 0 radical (unpaired) electrons. The Hall–Kier alpha value is -3.41. The zero-order valence-corrected chi connectivity index (χ0v) is 12.9. The van der Waals surface area contributed by atoms with Gasteiger partial charge in [0.05, 0.1) is 16.6 Å². The Balaban J connectivity index is 1.91. The summed E-state index contributed by atoms with van der Waals surface area (Å²) in [6, 6.07) is 16.6. The second-order valence-electron chi connectivity index (χ2n) is 5.56. The molecule has 4 rings (SSSR count). The minimum atomic E-state index is -0.142. The van der Waals surface area contributed by atoms with Crippen molar-refractivity contribution in [2.24, 2.45) is 0 Å². The van der Waals surface area contributed by atoms with Crippen LogP contribution in [0.2, 0.25) is 0 Å². The van der Waals surface area contributed by atoms with Gasteiger partial charge in [0.25, 0.3) is 5.56 Å². The van der Waals surface area contributed by atoms with Gasteiger partial charge < -0.3 is 10.3 Å². The lowest BCUT2D eigenvalue weighted by atomic mass is 10.1. The number of benzene rings is 2. The summed E-state index contributed by atoms with van der Waals surface area (Å²) in [4.78, 5) is 26.2. The van der Waals surface area contributed by atoms with E-state index in [9.17, 15) is 9.59 Å². The molecule has 118 valence electrons. The number of carbonyl (C=O) groups excluding carboxylic acids is 1. The summed E-state index contributed by atoms with van der Waals surface area (Å²) in [6.07, 6.45) is 0. The highest BCUT2D eigenvalue weighted by Gasteiger charge is 2.10. The molecule has 0 fully saturated rings. The number of H-pyrrole nitrogens is 1. The van der Waals surface area contributed by atoms with Gasteiger partial charge >= 0.3 is 0 Å². The fourth-order valence-electron chi connectivity index (χ4n) is 2.79. The molecule has 0 aliphatic heterocycles. The number of hydrogen-bond acceptors (Lipinski definition) is 3. The summed E-state index contributed by atoms with van der Waals surface area (Å²) in [6.45, 7) is 1.47. The van der Waals surface area contributed by atoms with Crippen molar-refractivity contribution in [3.63, 3.8) is 0 Å². The molecule has 2 aromatic carbocycles. The van der Waals surface area contributed by atoms with Gasteiger partial charge in [0.2, 0.25) is 5.91 Å². The molecule has 0 atom stereocenters. The molecule has 0 bridgehead atoms. The molecule has 2 aromatic heterocycles. The van der Waals surface area contributed by atoms with Crippen LogP contribution in [0.15, 0.2) is 59.4 Å². The highest BCUT2D eigenvalue weighted by atomic mass is 16.1. The average Bonchev–Trinajstić information content (AvgIpc) is 2.99. The zero-order chi connectivity index (χ0) is 16.7. The Bertz CT molecular complexity index is 1140. The van der Waals surface area contributed by atoms with Crippen molar-refractivity contribution in [3.05, 3.63) is 65.0 Å². The fraction of sp³-hybridized carbons (Fsp3) is 0.0556. The summed E-state index contributed by atoms with van der Waals surface area (Å²) >= 11 is 0. The van der Waals surface area contributed by atoms with E-state index in [4.69, 9.17) is 0 Å². The molecule has 4 aromatic rings. The summed E-state index contributed by atoms with van der Waals surface area (Å²) in [5.74, 6) is -0.127. The lowest BCUT2D eigenvalue weighted by molar-refractivity contribution is -0.114. The monoisotopic (exact) mass is 318 g/mol. The van der Waals surface area contributed by atoms with Gasteiger partial charge in [-0.2, -0.15) is 5.10 Å². The first kappa shape index (κ1) is 14.2. The number of hydrogen-bond donors (Lipinski definition) is 2. The predicted octanol–water partition coefficient (Wildman–Crippen LogP) is 2.80. The van der Waals surface area contributed by atoms with E-state index in [1.54, 1.807) is 10.6 Å². The Morgan fingerprint density at radius 1 is 1.12 bits per heavy atom. The average molecular weight is 318 g/mol. The van der Waals surface area contributed by atoms with Gasteiger partial charge in [-0.1, -0.05) is 24.3 Å². The molecule has 0 saturated carbocycles. The van der Waals surface area contributed by atoms with Crippen molar-refractivity contribution in [1.29, 1.82) is 0 Å². The fourth-order valence-corrected chi connectivity index (χ4v) is 2.79. The largest absolute Gasteiger partial charge is 0.326 e. The molecule has 0 unspecified atom stereocenters. The molecular weight excluding hydrogens is 304 g/mol. The van der Waals surface area contributed by atoms with Crippen molar-refractivity contribution in [2.75, 3.05) is 5.32 Å². The van der Waals surface area contributed by atoms with Gasteiger partial charge in [0.1, 0.15) is 5.65 Å². The molecule has 6 nitrogen and oxygen atoms in total. The SMILES string of the molecule is CC(=O)Nc1cccc(-c2cc3[nH]c(=O)c4ccccc4n3n2)c1. The second kappa shape index (κ2) is 5.34. The van der Waals surface area contributed by atoms with Crippen LogP contribution < -0.4 is 10.9 Å². The van der Waals surface area contributed by atoms with Crippen molar-refractivity contribution >= 4 is 28.1 Å². The number of nitrogens with one attached hydrogen (secondary N) is 2. The number of amides is 1. The standard InChI is InChI=1S/C18H14N4O2/c1-11(23)19-13-6-4-5-12(9-13)15-10-17-20-18(24)14-7-2-3-8-16(14)22(17)21-15/h2-10H,1H3,(H,19,23)(H,20,24). The van der Waals surface area contributed by atoms with Crippen LogP contribution >= 0.6 is 0 Å². The van der Waals surface area contributed by atoms with Crippen LogP contribution in [0.4, 0.5) is 5.69 Å². The third-order valence-electron chi connectivity index (χ3n) is 3.81. The Kier molecular flexibility index (Phi) is 3.16. The molecule has 0 saturated heterocycles.